The van der Waals surface area contributed by atoms with Crippen molar-refractivity contribution in [2.45, 2.75) is 25.7 Å². The fraction of sp³-hybridized carbons (Fsp3) is 0.179. The Labute approximate surface area is 188 Å². The van der Waals surface area contributed by atoms with E-state index in [4.69, 9.17) is 4.74 Å². The molecule has 2 heterocycles. The molecule has 1 aliphatic rings. The van der Waals surface area contributed by atoms with E-state index in [0.717, 1.165) is 30.9 Å². The molecule has 4 aromatic rings. The molecule has 4 heteroatoms. The minimum Gasteiger partial charge on any atom is -0.483 e. The molecule has 0 aliphatic carbocycles. The van der Waals surface area contributed by atoms with E-state index in [1.807, 2.05) is 48.7 Å². The van der Waals surface area contributed by atoms with Crippen molar-refractivity contribution in [3.8, 4) is 5.75 Å². The van der Waals surface area contributed by atoms with Crippen LogP contribution in [0.15, 0.2) is 108 Å². The number of pyridine rings is 1. The summed E-state index contributed by atoms with van der Waals surface area (Å²) >= 11 is 0. The first-order valence-corrected chi connectivity index (χ1v) is 11.0. The number of nitrogens with zero attached hydrogens (tertiary/aromatic N) is 2. The van der Waals surface area contributed by atoms with E-state index in [9.17, 15) is 4.79 Å². The van der Waals surface area contributed by atoms with Gasteiger partial charge in [-0.25, -0.2) is 0 Å². The maximum absolute atomic E-state index is 13.0. The van der Waals surface area contributed by atoms with Gasteiger partial charge in [0.2, 0.25) is 5.43 Å². The molecular formula is C28H26N2O2. The van der Waals surface area contributed by atoms with Gasteiger partial charge in [-0.1, -0.05) is 91.0 Å². The quantitative estimate of drug-likeness (QED) is 0.437. The van der Waals surface area contributed by atoms with Crippen molar-refractivity contribution in [1.29, 1.82) is 0 Å². The van der Waals surface area contributed by atoms with Crippen molar-refractivity contribution in [2.24, 2.45) is 0 Å². The van der Waals surface area contributed by atoms with Crippen molar-refractivity contribution in [2.75, 3.05) is 6.54 Å². The van der Waals surface area contributed by atoms with Gasteiger partial charge in [0.1, 0.15) is 6.61 Å². The number of aromatic nitrogens is 1. The molecule has 0 bridgehead atoms. The molecule has 5 rings (SSSR count). The first-order valence-electron chi connectivity index (χ1n) is 11.0. The maximum Gasteiger partial charge on any atom is 0.223 e. The topological polar surface area (TPSA) is 34.5 Å². The van der Waals surface area contributed by atoms with Crippen LogP contribution in [0, 0.1) is 0 Å². The number of hydrogen-bond acceptors (Lipinski definition) is 3. The van der Waals surface area contributed by atoms with Crippen molar-refractivity contribution in [1.82, 2.24) is 9.47 Å². The minimum atomic E-state index is -0.0744. The van der Waals surface area contributed by atoms with E-state index < -0.39 is 0 Å². The van der Waals surface area contributed by atoms with Gasteiger partial charge in [0, 0.05) is 31.4 Å². The monoisotopic (exact) mass is 422 g/mol. The Kier molecular flexibility index (Phi) is 5.86. The van der Waals surface area contributed by atoms with E-state index in [1.54, 1.807) is 6.07 Å². The lowest BCUT2D eigenvalue weighted by Gasteiger charge is -2.38. The predicted octanol–water partition coefficient (Wildman–Crippen LogP) is 5.03. The second kappa shape index (κ2) is 9.25. The molecule has 160 valence electrons. The number of benzene rings is 3. The molecule has 0 saturated carbocycles. The zero-order valence-electron chi connectivity index (χ0n) is 17.9. The Balaban J connectivity index is 1.47. The van der Waals surface area contributed by atoms with Crippen LogP contribution in [0.4, 0.5) is 0 Å². The van der Waals surface area contributed by atoms with Crippen LogP contribution in [0.25, 0.3) is 0 Å². The number of hydrogen-bond donors (Lipinski definition) is 0. The number of fused-ring (bicyclic) bond motifs is 1. The molecule has 1 aromatic heterocycles. The van der Waals surface area contributed by atoms with Crippen molar-refractivity contribution < 1.29 is 4.74 Å². The molecule has 0 fully saturated rings. The molecule has 0 N–H and O–H groups in total. The third kappa shape index (κ3) is 4.36. The molecule has 0 saturated heterocycles. The summed E-state index contributed by atoms with van der Waals surface area (Å²) in [5, 5.41) is 0. The standard InChI is InChI=1S/C28H26N2O2/c31-26-18-25-28(24-14-8-3-9-15-24)30(19-22-10-4-1-5-11-22)17-16-29(25)20-27(26)32-21-23-12-6-2-7-13-23/h1-15,18,20,28H,16-17,19,21H2. The van der Waals surface area contributed by atoms with Crippen LogP contribution >= 0.6 is 0 Å². The SMILES string of the molecule is O=c1cc2n(cc1OCc1ccccc1)CCN(Cc1ccccc1)C2c1ccccc1. The highest BCUT2D eigenvalue weighted by Crippen LogP contribution is 2.33. The highest BCUT2D eigenvalue weighted by Gasteiger charge is 2.29. The second-order valence-corrected chi connectivity index (χ2v) is 8.16. The van der Waals surface area contributed by atoms with Crippen LogP contribution in [0.3, 0.4) is 0 Å². The minimum absolute atomic E-state index is 0.0148. The fourth-order valence-electron chi connectivity index (χ4n) is 4.40. The molecule has 0 radical (unpaired) electrons. The lowest BCUT2D eigenvalue weighted by Crippen LogP contribution is -2.39. The fourth-order valence-corrected chi connectivity index (χ4v) is 4.40. The number of ether oxygens (including phenoxy) is 1. The van der Waals surface area contributed by atoms with E-state index in [1.165, 1.54) is 11.1 Å². The Morgan fingerprint density at radius 2 is 1.41 bits per heavy atom. The maximum atomic E-state index is 13.0. The lowest BCUT2D eigenvalue weighted by molar-refractivity contribution is 0.171. The Bertz CT molecular complexity index is 1220. The summed E-state index contributed by atoms with van der Waals surface area (Å²) in [7, 11) is 0. The third-order valence-electron chi connectivity index (χ3n) is 5.98. The molecule has 1 atom stereocenters. The van der Waals surface area contributed by atoms with Crippen LogP contribution in [-0.4, -0.2) is 16.0 Å². The predicted molar refractivity (Wildman–Crippen MR) is 127 cm³/mol. The third-order valence-corrected chi connectivity index (χ3v) is 5.98. The highest BCUT2D eigenvalue weighted by molar-refractivity contribution is 5.33. The van der Waals surface area contributed by atoms with Crippen LogP contribution in [0.5, 0.6) is 5.75 Å². The van der Waals surface area contributed by atoms with Gasteiger partial charge in [-0.15, -0.1) is 0 Å². The van der Waals surface area contributed by atoms with Gasteiger partial charge in [-0.05, 0) is 16.7 Å². The molecule has 1 aliphatic heterocycles. The summed E-state index contributed by atoms with van der Waals surface area (Å²) in [6.45, 7) is 2.93. The average Bonchev–Trinajstić information content (AvgIpc) is 2.84. The molecule has 32 heavy (non-hydrogen) atoms. The van der Waals surface area contributed by atoms with Gasteiger partial charge in [-0.3, -0.25) is 9.69 Å². The summed E-state index contributed by atoms with van der Waals surface area (Å²) in [6.07, 6.45) is 1.89. The number of rotatable bonds is 6. The summed E-state index contributed by atoms with van der Waals surface area (Å²) in [5.74, 6) is 0.404. The first kappa shape index (κ1) is 20.3. The Morgan fingerprint density at radius 3 is 2.09 bits per heavy atom. The van der Waals surface area contributed by atoms with E-state index in [-0.39, 0.29) is 11.5 Å². The first-order chi connectivity index (χ1) is 15.8. The van der Waals surface area contributed by atoms with Gasteiger partial charge in [-0.2, -0.15) is 0 Å². The highest BCUT2D eigenvalue weighted by atomic mass is 16.5. The van der Waals surface area contributed by atoms with Crippen LogP contribution in [0.2, 0.25) is 0 Å². The summed E-state index contributed by atoms with van der Waals surface area (Å²) in [6, 6.07) is 32.6. The summed E-state index contributed by atoms with van der Waals surface area (Å²) in [4.78, 5) is 15.4. The van der Waals surface area contributed by atoms with Gasteiger partial charge in [0.05, 0.1) is 12.2 Å². The van der Waals surface area contributed by atoms with Gasteiger partial charge >= 0.3 is 0 Å². The molecule has 3 aromatic carbocycles. The summed E-state index contributed by atoms with van der Waals surface area (Å²) < 4.78 is 8.09. The van der Waals surface area contributed by atoms with Crippen molar-refractivity contribution in [3.05, 3.63) is 136 Å². The van der Waals surface area contributed by atoms with E-state index >= 15 is 0 Å². The van der Waals surface area contributed by atoms with Gasteiger partial charge < -0.3 is 9.30 Å². The van der Waals surface area contributed by atoms with E-state index in [0.29, 0.717) is 12.4 Å². The molecule has 1 unspecified atom stereocenters. The van der Waals surface area contributed by atoms with Crippen LogP contribution < -0.4 is 10.2 Å². The van der Waals surface area contributed by atoms with Crippen molar-refractivity contribution >= 4 is 0 Å². The largest absolute Gasteiger partial charge is 0.483 e. The average molecular weight is 423 g/mol. The molecule has 4 nitrogen and oxygen atoms in total. The van der Waals surface area contributed by atoms with Gasteiger partial charge in [0.25, 0.3) is 0 Å². The second-order valence-electron chi connectivity index (χ2n) is 8.16. The normalized spacial score (nSPS) is 15.8. The smallest absolute Gasteiger partial charge is 0.223 e. The van der Waals surface area contributed by atoms with Crippen molar-refractivity contribution in [3.63, 3.8) is 0 Å². The lowest BCUT2D eigenvalue weighted by atomic mass is 9.98. The molecule has 0 amide bonds. The Morgan fingerprint density at radius 1 is 0.781 bits per heavy atom. The molecule has 0 spiro atoms. The van der Waals surface area contributed by atoms with Crippen LogP contribution in [-0.2, 0) is 19.7 Å². The van der Waals surface area contributed by atoms with E-state index in [2.05, 4.69) is 58.0 Å². The zero-order valence-corrected chi connectivity index (χ0v) is 17.9. The molecular weight excluding hydrogens is 396 g/mol. The zero-order chi connectivity index (χ0) is 21.8. The van der Waals surface area contributed by atoms with Crippen LogP contribution in [0.1, 0.15) is 28.4 Å². The van der Waals surface area contributed by atoms with Gasteiger partial charge in [0.15, 0.2) is 5.75 Å². The Hall–Kier alpha value is -3.63. The summed E-state index contributed by atoms with van der Waals surface area (Å²) in [5.41, 5.74) is 4.44.